The average molecular weight is 191 g/mol. The van der Waals surface area contributed by atoms with Crippen molar-refractivity contribution in [2.45, 2.75) is 39.0 Å². The lowest BCUT2D eigenvalue weighted by Gasteiger charge is -2.33. The fraction of sp³-hybridized carbons (Fsp3) is 0.500. The van der Waals surface area contributed by atoms with Crippen LogP contribution in [-0.4, -0.2) is 10.6 Å². The van der Waals surface area contributed by atoms with E-state index < -0.39 is 0 Å². The highest BCUT2D eigenvalue weighted by Gasteiger charge is 2.25. The third-order valence-corrected chi connectivity index (χ3v) is 2.92. The van der Waals surface area contributed by atoms with Crippen LogP contribution in [-0.2, 0) is 19.6 Å². The molecule has 76 valence electrons. The van der Waals surface area contributed by atoms with E-state index in [1.807, 2.05) is 12.1 Å². The zero-order chi connectivity index (χ0) is 10.2. The van der Waals surface area contributed by atoms with Crippen LogP contribution in [0.1, 0.15) is 30.5 Å². The van der Waals surface area contributed by atoms with Crippen LogP contribution in [0.5, 0.6) is 0 Å². The molecule has 0 saturated carbocycles. The lowest BCUT2D eigenvalue weighted by molar-refractivity contribution is 0.277. The van der Waals surface area contributed by atoms with Crippen LogP contribution >= 0.6 is 0 Å². The van der Waals surface area contributed by atoms with Gasteiger partial charge in [-0.2, -0.15) is 0 Å². The second-order valence-corrected chi connectivity index (χ2v) is 4.63. The Morgan fingerprint density at radius 3 is 2.93 bits per heavy atom. The van der Waals surface area contributed by atoms with Crippen LogP contribution < -0.4 is 5.32 Å². The maximum absolute atomic E-state index is 9.20. The first-order valence-corrected chi connectivity index (χ1v) is 5.08. The molecule has 1 aromatic carbocycles. The maximum atomic E-state index is 9.20. The molecule has 1 heterocycles. The summed E-state index contributed by atoms with van der Waals surface area (Å²) in [6.07, 6.45) is 1.04. The minimum atomic E-state index is 0.144. The van der Waals surface area contributed by atoms with E-state index >= 15 is 0 Å². The van der Waals surface area contributed by atoms with Gasteiger partial charge in [0, 0.05) is 12.1 Å². The summed E-state index contributed by atoms with van der Waals surface area (Å²) >= 11 is 0. The lowest BCUT2D eigenvalue weighted by atomic mass is 9.86. The van der Waals surface area contributed by atoms with Crippen molar-refractivity contribution in [2.24, 2.45) is 0 Å². The molecular formula is C12H17NO. The van der Waals surface area contributed by atoms with E-state index in [1.165, 1.54) is 11.1 Å². The fourth-order valence-electron chi connectivity index (χ4n) is 2.09. The van der Waals surface area contributed by atoms with Gasteiger partial charge in [0.05, 0.1) is 6.61 Å². The zero-order valence-corrected chi connectivity index (χ0v) is 8.80. The number of hydrogen-bond donors (Lipinski definition) is 2. The second kappa shape index (κ2) is 3.37. The van der Waals surface area contributed by atoms with Gasteiger partial charge in [-0.25, -0.2) is 0 Å². The van der Waals surface area contributed by atoms with Crippen LogP contribution in [0.4, 0.5) is 0 Å². The van der Waals surface area contributed by atoms with E-state index in [1.54, 1.807) is 0 Å². The summed E-state index contributed by atoms with van der Waals surface area (Å²) < 4.78 is 0. The number of nitrogens with one attached hydrogen (secondary N) is 1. The minimum Gasteiger partial charge on any atom is -0.392 e. The first-order valence-electron chi connectivity index (χ1n) is 5.08. The van der Waals surface area contributed by atoms with Gasteiger partial charge in [-0.15, -0.1) is 0 Å². The molecular weight excluding hydrogens is 174 g/mol. The number of fused-ring (bicyclic) bond motifs is 1. The summed E-state index contributed by atoms with van der Waals surface area (Å²) in [5.74, 6) is 0. The monoisotopic (exact) mass is 191 g/mol. The van der Waals surface area contributed by atoms with Crippen molar-refractivity contribution in [1.82, 2.24) is 5.32 Å². The van der Waals surface area contributed by atoms with E-state index in [9.17, 15) is 5.11 Å². The van der Waals surface area contributed by atoms with Crippen molar-refractivity contribution >= 4 is 0 Å². The summed E-state index contributed by atoms with van der Waals surface area (Å²) in [6.45, 7) is 5.44. The molecule has 1 aliphatic rings. The Morgan fingerprint density at radius 2 is 2.21 bits per heavy atom. The van der Waals surface area contributed by atoms with Crippen molar-refractivity contribution in [3.05, 3.63) is 34.9 Å². The van der Waals surface area contributed by atoms with Crippen LogP contribution in [0.15, 0.2) is 18.2 Å². The van der Waals surface area contributed by atoms with E-state index in [0.717, 1.165) is 18.5 Å². The number of rotatable bonds is 1. The SMILES string of the molecule is CC1(C)Cc2cccc(CO)c2CN1. The molecule has 0 radical (unpaired) electrons. The molecule has 2 heteroatoms. The molecule has 2 nitrogen and oxygen atoms in total. The topological polar surface area (TPSA) is 32.3 Å². The molecule has 0 amide bonds. The van der Waals surface area contributed by atoms with Gasteiger partial charge in [0.25, 0.3) is 0 Å². The maximum Gasteiger partial charge on any atom is 0.0685 e. The highest BCUT2D eigenvalue weighted by Crippen LogP contribution is 2.25. The Kier molecular flexibility index (Phi) is 2.33. The largest absolute Gasteiger partial charge is 0.392 e. The summed E-state index contributed by atoms with van der Waals surface area (Å²) in [6, 6.07) is 6.20. The number of benzene rings is 1. The van der Waals surface area contributed by atoms with Crippen molar-refractivity contribution in [1.29, 1.82) is 0 Å². The molecule has 0 aromatic heterocycles. The molecule has 0 unspecified atom stereocenters. The summed E-state index contributed by atoms with van der Waals surface area (Å²) in [7, 11) is 0. The predicted octanol–water partition coefficient (Wildman–Crippen LogP) is 1.60. The van der Waals surface area contributed by atoms with Crippen molar-refractivity contribution in [2.75, 3.05) is 0 Å². The third kappa shape index (κ3) is 1.68. The molecule has 2 N–H and O–H groups in total. The lowest BCUT2D eigenvalue weighted by Crippen LogP contribution is -2.44. The van der Waals surface area contributed by atoms with Crippen molar-refractivity contribution in [3.8, 4) is 0 Å². The molecule has 0 spiro atoms. The normalized spacial score (nSPS) is 19.1. The first kappa shape index (κ1) is 9.69. The molecule has 0 saturated heterocycles. The Bertz CT molecular complexity index is 344. The Labute approximate surface area is 85.0 Å². The van der Waals surface area contributed by atoms with Crippen LogP contribution in [0.2, 0.25) is 0 Å². The third-order valence-electron chi connectivity index (χ3n) is 2.92. The molecule has 0 fully saturated rings. The first-order chi connectivity index (χ1) is 6.62. The summed E-state index contributed by atoms with van der Waals surface area (Å²) in [5.41, 5.74) is 3.90. The second-order valence-electron chi connectivity index (χ2n) is 4.63. The van der Waals surface area contributed by atoms with E-state index in [4.69, 9.17) is 0 Å². The van der Waals surface area contributed by atoms with Gasteiger partial charge in [0.1, 0.15) is 0 Å². The highest BCUT2D eigenvalue weighted by atomic mass is 16.3. The quantitative estimate of drug-likeness (QED) is 0.706. The van der Waals surface area contributed by atoms with E-state index in [0.29, 0.717) is 0 Å². The van der Waals surface area contributed by atoms with Gasteiger partial charge >= 0.3 is 0 Å². The Hall–Kier alpha value is -0.860. The predicted molar refractivity (Wildman–Crippen MR) is 57.0 cm³/mol. The van der Waals surface area contributed by atoms with Gasteiger partial charge in [-0.05, 0) is 37.0 Å². The number of aliphatic hydroxyl groups is 1. The number of aliphatic hydroxyl groups excluding tert-OH is 1. The molecule has 1 aliphatic heterocycles. The zero-order valence-electron chi connectivity index (χ0n) is 8.80. The van der Waals surface area contributed by atoms with Crippen molar-refractivity contribution in [3.63, 3.8) is 0 Å². The van der Waals surface area contributed by atoms with Gasteiger partial charge in [-0.1, -0.05) is 18.2 Å². The van der Waals surface area contributed by atoms with Gasteiger partial charge in [0.15, 0.2) is 0 Å². The standard InChI is InChI=1S/C12H17NO/c1-12(2)6-9-4-3-5-10(8-14)11(9)7-13-12/h3-5,13-14H,6-8H2,1-2H3. The van der Waals surface area contributed by atoms with E-state index in [2.05, 4.69) is 25.2 Å². The molecule has 2 rings (SSSR count). The fourth-order valence-corrected chi connectivity index (χ4v) is 2.09. The Morgan fingerprint density at radius 1 is 1.43 bits per heavy atom. The Balaban J connectivity index is 2.40. The van der Waals surface area contributed by atoms with Crippen LogP contribution in [0, 0.1) is 0 Å². The molecule has 0 bridgehead atoms. The highest BCUT2D eigenvalue weighted by molar-refractivity contribution is 5.37. The van der Waals surface area contributed by atoms with Gasteiger partial charge < -0.3 is 10.4 Å². The summed E-state index contributed by atoms with van der Waals surface area (Å²) in [4.78, 5) is 0. The van der Waals surface area contributed by atoms with Crippen LogP contribution in [0.3, 0.4) is 0 Å². The average Bonchev–Trinajstić information content (AvgIpc) is 2.15. The van der Waals surface area contributed by atoms with Gasteiger partial charge in [0.2, 0.25) is 0 Å². The van der Waals surface area contributed by atoms with Gasteiger partial charge in [-0.3, -0.25) is 0 Å². The molecule has 0 aliphatic carbocycles. The molecule has 14 heavy (non-hydrogen) atoms. The molecule has 1 aromatic rings. The minimum absolute atomic E-state index is 0.144. The van der Waals surface area contributed by atoms with E-state index in [-0.39, 0.29) is 12.1 Å². The van der Waals surface area contributed by atoms with Crippen LogP contribution in [0.25, 0.3) is 0 Å². The summed E-state index contributed by atoms with van der Waals surface area (Å²) in [5, 5.41) is 12.7. The number of hydrogen-bond acceptors (Lipinski definition) is 2. The van der Waals surface area contributed by atoms with Crippen molar-refractivity contribution < 1.29 is 5.11 Å². The smallest absolute Gasteiger partial charge is 0.0685 e. The molecule has 0 atom stereocenters.